The first-order valence-electron chi connectivity index (χ1n) is 31.6. The largest absolute Gasteiger partial charge is 0.476 e. The molecule has 25 heteroatoms. The average Bonchev–Trinajstić information content (AvgIpc) is 1.70. The van der Waals surface area contributed by atoms with Crippen LogP contribution in [-0.2, 0) is 73.7 Å². The highest BCUT2D eigenvalue weighted by atomic mass is 32.1. The van der Waals surface area contributed by atoms with Crippen molar-refractivity contribution in [2.75, 3.05) is 108 Å². The van der Waals surface area contributed by atoms with Crippen LogP contribution in [0.4, 0.5) is 21.4 Å². The van der Waals surface area contributed by atoms with Gasteiger partial charge in [-0.25, -0.2) is 19.6 Å². The van der Waals surface area contributed by atoms with Crippen molar-refractivity contribution in [3.63, 3.8) is 0 Å². The number of para-hydroxylation sites is 1. The molecule has 24 nitrogen and oxygen atoms in total. The summed E-state index contributed by atoms with van der Waals surface area (Å²) in [5.74, 6) is -2.34. The summed E-state index contributed by atoms with van der Waals surface area (Å²) >= 11 is 1.42. The van der Waals surface area contributed by atoms with Gasteiger partial charge in [-0.3, -0.25) is 38.9 Å². The van der Waals surface area contributed by atoms with Crippen LogP contribution >= 0.6 is 11.3 Å². The summed E-state index contributed by atoms with van der Waals surface area (Å²) < 4.78 is 37.9. The van der Waals surface area contributed by atoms with Gasteiger partial charge in [-0.15, -0.1) is 0 Å². The number of hydrogen-bond acceptors (Lipinski definition) is 18. The van der Waals surface area contributed by atoms with Crippen LogP contribution in [0.1, 0.15) is 102 Å². The summed E-state index contributed by atoms with van der Waals surface area (Å²) in [7, 11) is 1.63. The van der Waals surface area contributed by atoms with Gasteiger partial charge in [0.05, 0.1) is 81.4 Å². The molecule has 0 spiro atoms. The van der Waals surface area contributed by atoms with Gasteiger partial charge in [0.25, 0.3) is 17.7 Å². The summed E-state index contributed by atoms with van der Waals surface area (Å²) in [5, 5.41) is 24.6. The van der Waals surface area contributed by atoms with E-state index in [1.807, 2.05) is 66.4 Å². The maximum atomic E-state index is 13.8. The van der Waals surface area contributed by atoms with Crippen molar-refractivity contribution in [3.8, 4) is 11.1 Å². The van der Waals surface area contributed by atoms with Crippen LogP contribution in [0.25, 0.3) is 21.3 Å². The van der Waals surface area contributed by atoms with Crippen LogP contribution in [0, 0.1) is 23.2 Å². The number of rotatable bonds is 31. The minimum absolute atomic E-state index is 0.0158. The zero-order chi connectivity index (χ0) is 65.3. The summed E-state index contributed by atoms with van der Waals surface area (Å²) in [4.78, 5) is 101. The fraction of sp³-hybridized carbons (Fsp3) is 0.471. The van der Waals surface area contributed by atoms with E-state index < -0.39 is 18.0 Å². The number of anilines is 3. The van der Waals surface area contributed by atoms with Crippen LogP contribution in [0.3, 0.4) is 0 Å². The van der Waals surface area contributed by atoms with Crippen molar-refractivity contribution < 1.29 is 67.1 Å². The number of carboxylic acid groups (broad SMARTS) is 1. The van der Waals surface area contributed by atoms with Crippen molar-refractivity contribution in [3.05, 3.63) is 131 Å². The molecule has 3 aromatic heterocycles. The van der Waals surface area contributed by atoms with Gasteiger partial charge in [0.2, 0.25) is 11.8 Å². The molecule has 6 aliphatic rings. The molecule has 4 aliphatic carbocycles. The molecule has 4 N–H and O–H groups in total. The highest BCUT2D eigenvalue weighted by Gasteiger charge is 2.66. The van der Waals surface area contributed by atoms with E-state index in [0.717, 1.165) is 76.0 Å². The Bertz CT molecular complexity index is 3740. The Kier molecular flexibility index (Phi) is 20.5. The topological polar surface area (TPSA) is 285 Å². The summed E-state index contributed by atoms with van der Waals surface area (Å²) in [6.07, 6.45) is 10.4. The van der Waals surface area contributed by atoms with Crippen molar-refractivity contribution >= 4 is 79.8 Å². The SMILES string of the molecule is Cc1c(-c2ccc(N3CCc4cccc(C(=O)Nc5nc6ccccc6s5)c4C3)nc2C(=O)O)cnn1CC12CC3(C)CC(C)(C1)CC(OCCOCCOCCN(C)C(=O)OCc1cccc(NC(=O)CCNC(=O)COCCOCCN4C(=O)C=CC4=O)c1)(C3)C2. The summed E-state index contributed by atoms with van der Waals surface area (Å²) in [6.45, 7) is 11.0. The van der Waals surface area contributed by atoms with E-state index in [-0.39, 0.29) is 110 Å². The number of aromatic carboxylic acids is 1. The number of hydrogen-bond donors (Lipinski definition) is 4. The molecule has 4 bridgehead atoms. The third-order valence-electron chi connectivity index (χ3n) is 18.1. The molecular weight excluding hydrogens is 1210 g/mol. The van der Waals surface area contributed by atoms with E-state index in [9.17, 15) is 38.7 Å². The van der Waals surface area contributed by atoms with Crippen LogP contribution in [0.2, 0.25) is 0 Å². The maximum Gasteiger partial charge on any atom is 0.409 e. The van der Waals surface area contributed by atoms with Crippen molar-refractivity contribution in [1.29, 1.82) is 0 Å². The number of nitrogens with one attached hydrogen (secondary N) is 3. The van der Waals surface area contributed by atoms with E-state index in [1.165, 1.54) is 28.4 Å². The summed E-state index contributed by atoms with van der Waals surface area (Å²) in [5.41, 5.74) is 6.33. The van der Waals surface area contributed by atoms with Crippen LogP contribution in [0.5, 0.6) is 0 Å². The first kappa shape index (κ1) is 66.0. The zero-order valence-corrected chi connectivity index (χ0v) is 53.8. The van der Waals surface area contributed by atoms with Crippen molar-refractivity contribution in [2.45, 2.75) is 97.4 Å². The number of carbonyl (C=O) groups is 7. The molecule has 2 aliphatic heterocycles. The molecule has 2 unspecified atom stereocenters. The van der Waals surface area contributed by atoms with E-state index in [2.05, 4.69) is 39.5 Å². The molecule has 93 heavy (non-hydrogen) atoms. The summed E-state index contributed by atoms with van der Waals surface area (Å²) in [6, 6.07) is 24.2. The number of benzene rings is 3. The Balaban J connectivity index is 0.584. The third kappa shape index (κ3) is 16.1. The molecule has 2 atom stereocenters. The fourth-order valence-corrected chi connectivity index (χ4v) is 16.0. The number of imide groups is 1. The molecule has 12 rings (SSSR count). The number of ether oxygens (including phenoxy) is 6. The highest BCUT2D eigenvalue weighted by molar-refractivity contribution is 7.22. The molecule has 0 radical (unpaired) electrons. The first-order valence-corrected chi connectivity index (χ1v) is 32.4. The average molecular weight is 1290 g/mol. The van der Waals surface area contributed by atoms with Gasteiger partial charge in [0.15, 0.2) is 10.8 Å². The number of aromatic nitrogens is 4. The number of fused-ring (bicyclic) bond motifs is 2. The smallest absolute Gasteiger partial charge is 0.409 e. The van der Waals surface area contributed by atoms with Gasteiger partial charge in [0, 0.05) is 86.4 Å². The van der Waals surface area contributed by atoms with Gasteiger partial charge >= 0.3 is 12.1 Å². The van der Waals surface area contributed by atoms with Crippen LogP contribution in [0.15, 0.2) is 97.2 Å². The molecule has 4 saturated carbocycles. The van der Waals surface area contributed by atoms with E-state index in [4.69, 9.17) is 38.5 Å². The molecular formula is C68H80N10O14S. The molecule has 6 amide bonds. The lowest BCUT2D eigenvalue weighted by molar-refractivity contribution is -0.250. The predicted octanol–water partition coefficient (Wildman–Crippen LogP) is 8.22. The Morgan fingerprint density at radius 1 is 0.753 bits per heavy atom. The monoisotopic (exact) mass is 1290 g/mol. The second-order valence-electron chi connectivity index (χ2n) is 25.8. The Labute approximate surface area is 543 Å². The van der Waals surface area contributed by atoms with Gasteiger partial charge < -0.3 is 54.0 Å². The Hall–Kier alpha value is -8.46. The highest BCUT2D eigenvalue weighted by Crippen LogP contribution is 2.72. The van der Waals surface area contributed by atoms with Crippen molar-refractivity contribution in [1.82, 2.24) is 34.9 Å². The lowest BCUT2D eigenvalue weighted by atomic mass is 9.39. The van der Waals surface area contributed by atoms with Crippen molar-refractivity contribution in [2.24, 2.45) is 16.2 Å². The van der Waals surface area contributed by atoms with Crippen LogP contribution < -0.4 is 20.9 Å². The number of carbonyl (C=O) groups excluding carboxylic acids is 6. The lowest BCUT2D eigenvalue weighted by Crippen LogP contribution is -2.64. The number of likely N-dealkylation sites (N-methyl/N-ethyl adjacent to an activating group) is 1. The lowest BCUT2D eigenvalue weighted by Gasteiger charge is -2.69. The molecule has 4 fully saturated rings. The second-order valence-corrected chi connectivity index (χ2v) is 26.8. The van der Waals surface area contributed by atoms with Gasteiger partial charge in [-0.05, 0) is 127 Å². The fourth-order valence-electron chi connectivity index (χ4n) is 15.1. The number of thiazole rings is 1. The van der Waals surface area contributed by atoms with Gasteiger partial charge in [0.1, 0.15) is 19.0 Å². The Morgan fingerprint density at radius 2 is 1.48 bits per heavy atom. The molecule has 0 saturated heterocycles. The number of amides is 6. The predicted molar refractivity (Wildman–Crippen MR) is 346 cm³/mol. The molecule has 492 valence electrons. The van der Waals surface area contributed by atoms with Gasteiger partial charge in [-0.1, -0.05) is 61.6 Å². The standard InChI is InChI=1S/C68H80N10O14S/c1-45-51(49-15-16-55(73-60(49)62(84)85)76-22-20-47-10-8-12-50(52(47)35-76)61(83)74-63-72-53-13-5-6-14-54(53)93-63)34-70-78(45)44-67-39-65(2)38-66(3,40-67)42-68(41-65,43-67)92-32-31-89-28-27-87-25-23-75(4)64(86)91-36-46-9-7-11-48(33-46)71-56(79)19-21-69-57(80)37-90-30-29-88-26-24-77-58(81)17-18-59(77)82/h5-18,33-34H,19-32,35-44H2,1-4H3,(H,69,80)(H,71,79)(H,84,85)(H,72,74,83). The van der Waals surface area contributed by atoms with E-state index in [0.29, 0.717) is 92.4 Å². The number of pyridine rings is 1. The van der Waals surface area contributed by atoms with E-state index >= 15 is 0 Å². The maximum absolute atomic E-state index is 13.8. The molecule has 3 aromatic carbocycles. The number of nitrogens with zero attached hydrogens (tertiary/aromatic N) is 7. The minimum atomic E-state index is -1.13. The normalized spacial score (nSPS) is 21.1. The zero-order valence-electron chi connectivity index (χ0n) is 53.0. The quantitative estimate of drug-likeness (QED) is 0.0235. The minimum Gasteiger partial charge on any atom is -0.476 e. The van der Waals surface area contributed by atoms with E-state index in [1.54, 1.807) is 37.5 Å². The van der Waals surface area contributed by atoms with Gasteiger partial charge in [-0.2, -0.15) is 5.10 Å². The van der Waals surface area contributed by atoms with Crippen LogP contribution in [-0.4, -0.2) is 175 Å². The molecule has 6 aromatic rings. The third-order valence-corrected chi connectivity index (χ3v) is 19.0. The molecule has 5 heterocycles. The first-order chi connectivity index (χ1) is 44.8. The second kappa shape index (κ2) is 28.8. The Morgan fingerprint density at radius 3 is 2.26 bits per heavy atom. The number of carboxylic acids is 1.